The van der Waals surface area contributed by atoms with E-state index >= 15 is 0 Å². The molecule has 0 unspecified atom stereocenters. The number of carboxylic acids is 1. The van der Waals surface area contributed by atoms with Crippen LogP contribution in [0.5, 0.6) is 0 Å². The zero-order valence-corrected chi connectivity index (χ0v) is 27.4. The Kier molecular flexibility index (Phi) is 10.9. The second kappa shape index (κ2) is 15.3. The molecule has 13 heteroatoms. The zero-order valence-electron chi connectivity index (χ0n) is 26.6. The van der Waals surface area contributed by atoms with Crippen molar-refractivity contribution in [2.45, 2.75) is 62.6 Å². The molecule has 1 aromatic heterocycles. The van der Waals surface area contributed by atoms with Gasteiger partial charge in [0.25, 0.3) is 15.9 Å². The highest BCUT2D eigenvalue weighted by Gasteiger charge is 2.29. The molecule has 2 atom stereocenters. The van der Waals surface area contributed by atoms with Gasteiger partial charge in [0.05, 0.1) is 17.5 Å². The van der Waals surface area contributed by atoms with Crippen LogP contribution in [-0.2, 0) is 34.2 Å². The van der Waals surface area contributed by atoms with Gasteiger partial charge in [-0.2, -0.15) is 5.10 Å². The lowest BCUT2D eigenvalue weighted by atomic mass is 10.0. The molecule has 3 aromatic carbocycles. The van der Waals surface area contributed by atoms with Crippen molar-refractivity contribution in [3.8, 4) is 11.1 Å². The fourth-order valence-electron chi connectivity index (χ4n) is 5.74. The molecular formula is C35H39N5O7S. The number of hydrogen-bond acceptors (Lipinski definition) is 7. The van der Waals surface area contributed by atoms with Crippen LogP contribution < -0.4 is 10.0 Å². The first-order chi connectivity index (χ1) is 23.1. The number of aliphatic hydroxyl groups is 1. The van der Waals surface area contributed by atoms with E-state index in [1.807, 2.05) is 25.1 Å². The molecule has 1 saturated heterocycles. The first kappa shape index (κ1) is 34.3. The molecule has 0 spiro atoms. The van der Waals surface area contributed by atoms with E-state index in [1.54, 1.807) is 65.3 Å². The molecule has 0 saturated carbocycles. The van der Waals surface area contributed by atoms with Gasteiger partial charge < -0.3 is 20.4 Å². The maximum Gasteiger partial charge on any atom is 0.334 e. The van der Waals surface area contributed by atoms with Gasteiger partial charge in [0.1, 0.15) is 5.69 Å². The predicted molar refractivity (Wildman–Crippen MR) is 179 cm³/mol. The number of aliphatic carboxylic acids is 1. The number of likely N-dealkylation sites (tertiary alicyclic amines) is 1. The summed E-state index contributed by atoms with van der Waals surface area (Å²) in [6.07, 6.45) is 1.42. The number of carbonyl (C=O) groups is 3. The van der Waals surface area contributed by atoms with Crippen LogP contribution in [0.1, 0.15) is 53.5 Å². The SMILES string of the molecule is CCCc1cc(C(=O)N[C@H](Cc2ccccc2)[C@@H](O)C(=O)O)nn1Cc1ccc(-c2ccccc2S(=O)(=O)NC(=O)N2CCCC2)cc1. The van der Waals surface area contributed by atoms with E-state index in [0.29, 0.717) is 37.2 Å². The summed E-state index contributed by atoms with van der Waals surface area (Å²) >= 11 is 0. The van der Waals surface area contributed by atoms with Gasteiger partial charge in [0, 0.05) is 24.3 Å². The Morgan fingerprint density at radius 3 is 2.25 bits per heavy atom. The first-order valence-electron chi connectivity index (χ1n) is 15.9. The summed E-state index contributed by atoms with van der Waals surface area (Å²) in [6, 6.07) is 22.7. The maximum absolute atomic E-state index is 13.3. The van der Waals surface area contributed by atoms with Crippen LogP contribution in [-0.4, -0.2) is 76.5 Å². The van der Waals surface area contributed by atoms with Crippen molar-refractivity contribution in [1.82, 2.24) is 24.7 Å². The van der Waals surface area contributed by atoms with Gasteiger partial charge in [-0.15, -0.1) is 0 Å². The third-order valence-electron chi connectivity index (χ3n) is 8.24. The van der Waals surface area contributed by atoms with Crippen molar-refractivity contribution in [3.63, 3.8) is 0 Å². The number of urea groups is 1. The number of carbonyl (C=O) groups excluding carboxylic acids is 2. The third-order valence-corrected chi connectivity index (χ3v) is 9.62. The highest BCUT2D eigenvalue weighted by Crippen LogP contribution is 2.28. The van der Waals surface area contributed by atoms with E-state index < -0.39 is 40.1 Å². The van der Waals surface area contributed by atoms with Gasteiger partial charge in [-0.25, -0.2) is 22.7 Å². The minimum atomic E-state index is -4.13. The Labute approximate surface area is 279 Å². The van der Waals surface area contributed by atoms with Gasteiger partial charge >= 0.3 is 12.0 Å². The highest BCUT2D eigenvalue weighted by molar-refractivity contribution is 7.90. The van der Waals surface area contributed by atoms with E-state index in [-0.39, 0.29) is 17.0 Å². The molecular weight excluding hydrogens is 634 g/mol. The Hall–Kier alpha value is -5.01. The summed E-state index contributed by atoms with van der Waals surface area (Å²) < 4.78 is 30.4. The number of benzene rings is 3. The van der Waals surface area contributed by atoms with Crippen LogP contribution in [0.4, 0.5) is 4.79 Å². The minimum Gasteiger partial charge on any atom is -0.479 e. The number of rotatable bonds is 13. The summed E-state index contributed by atoms with van der Waals surface area (Å²) in [5.41, 5.74) is 3.59. The molecule has 4 aromatic rings. The van der Waals surface area contributed by atoms with E-state index in [9.17, 15) is 33.0 Å². The Morgan fingerprint density at radius 2 is 1.58 bits per heavy atom. The molecule has 12 nitrogen and oxygen atoms in total. The van der Waals surface area contributed by atoms with Crippen LogP contribution in [0.2, 0.25) is 0 Å². The van der Waals surface area contributed by atoms with Crippen molar-refractivity contribution in [3.05, 3.63) is 107 Å². The van der Waals surface area contributed by atoms with Gasteiger partial charge in [-0.3, -0.25) is 9.48 Å². The quantitative estimate of drug-likeness (QED) is 0.166. The van der Waals surface area contributed by atoms with E-state index in [1.165, 1.54) is 11.0 Å². The topological polar surface area (TPSA) is 171 Å². The van der Waals surface area contributed by atoms with Gasteiger partial charge in [-0.1, -0.05) is 86.1 Å². The molecule has 1 aliphatic heterocycles. The lowest BCUT2D eigenvalue weighted by Crippen LogP contribution is -2.48. The van der Waals surface area contributed by atoms with Crippen molar-refractivity contribution in [1.29, 1.82) is 0 Å². The van der Waals surface area contributed by atoms with Crippen molar-refractivity contribution in [2.24, 2.45) is 0 Å². The van der Waals surface area contributed by atoms with E-state index in [0.717, 1.165) is 36.1 Å². The largest absolute Gasteiger partial charge is 0.479 e. The number of hydrogen-bond donors (Lipinski definition) is 4. The van der Waals surface area contributed by atoms with E-state index in [2.05, 4.69) is 15.1 Å². The van der Waals surface area contributed by atoms with Gasteiger partial charge in [0.15, 0.2) is 6.10 Å². The number of aryl methyl sites for hydroxylation is 1. The fraction of sp³-hybridized carbons (Fsp3) is 0.314. The standard InChI is InChI=1S/C35H39N5O7S/c1-2-10-27-22-30(33(42)36-29(32(41)34(43)44)21-24-11-4-3-5-12-24)37-40(27)23-25-15-17-26(18-16-25)28-13-6-7-14-31(28)48(46,47)38-35(45)39-19-8-9-20-39/h3-7,11-18,22,29,32,41H,2,8-10,19-21,23H2,1H3,(H,36,42)(H,38,45)(H,43,44)/t29-,32-/m1/s1. The Morgan fingerprint density at radius 1 is 0.917 bits per heavy atom. The number of nitrogens with one attached hydrogen (secondary N) is 2. The smallest absolute Gasteiger partial charge is 0.334 e. The summed E-state index contributed by atoms with van der Waals surface area (Å²) in [6.45, 7) is 3.37. The molecule has 252 valence electrons. The molecule has 0 radical (unpaired) electrons. The molecule has 0 aliphatic carbocycles. The molecule has 4 N–H and O–H groups in total. The zero-order chi connectivity index (χ0) is 34.3. The minimum absolute atomic E-state index is 0.00292. The number of aliphatic hydroxyl groups excluding tert-OH is 1. The highest BCUT2D eigenvalue weighted by atomic mass is 32.2. The summed E-state index contributed by atoms with van der Waals surface area (Å²) in [7, 11) is -4.13. The molecule has 1 aliphatic rings. The number of nitrogens with zero attached hydrogens (tertiary/aromatic N) is 3. The molecule has 0 bridgehead atoms. The summed E-state index contributed by atoms with van der Waals surface area (Å²) in [4.78, 5) is 38.9. The molecule has 3 amide bonds. The van der Waals surface area contributed by atoms with Gasteiger partial charge in [0.2, 0.25) is 0 Å². The number of carboxylic acid groups (broad SMARTS) is 1. The van der Waals surface area contributed by atoms with Crippen molar-refractivity contribution < 1.29 is 33.0 Å². The molecule has 2 heterocycles. The normalized spacial score (nSPS) is 14.3. The van der Waals surface area contributed by atoms with Crippen LogP contribution in [0.25, 0.3) is 11.1 Å². The average Bonchev–Trinajstić information content (AvgIpc) is 3.76. The summed E-state index contributed by atoms with van der Waals surface area (Å²) in [5.74, 6) is -2.04. The van der Waals surface area contributed by atoms with Crippen LogP contribution in [0, 0.1) is 0 Å². The predicted octanol–water partition coefficient (Wildman–Crippen LogP) is 3.83. The van der Waals surface area contributed by atoms with Crippen LogP contribution in [0.15, 0.2) is 89.8 Å². The van der Waals surface area contributed by atoms with Crippen LogP contribution in [0.3, 0.4) is 0 Å². The monoisotopic (exact) mass is 673 g/mol. The lowest BCUT2D eigenvalue weighted by molar-refractivity contribution is -0.148. The van der Waals surface area contributed by atoms with Crippen LogP contribution >= 0.6 is 0 Å². The Balaban J connectivity index is 1.33. The molecule has 5 rings (SSSR count). The van der Waals surface area contributed by atoms with Crippen molar-refractivity contribution in [2.75, 3.05) is 13.1 Å². The maximum atomic E-state index is 13.3. The van der Waals surface area contributed by atoms with E-state index in [4.69, 9.17) is 0 Å². The second-order valence-electron chi connectivity index (χ2n) is 11.8. The molecule has 48 heavy (non-hydrogen) atoms. The number of sulfonamides is 1. The fourth-order valence-corrected chi connectivity index (χ4v) is 6.94. The molecule has 1 fully saturated rings. The number of aromatic nitrogens is 2. The van der Waals surface area contributed by atoms with Crippen molar-refractivity contribution >= 4 is 27.9 Å². The first-order valence-corrected chi connectivity index (χ1v) is 17.4. The third kappa shape index (κ3) is 8.28. The Bertz CT molecular complexity index is 1850. The lowest BCUT2D eigenvalue weighted by Gasteiger charge is -2.21. The summed E-state index contributed by atoms with van der Waals surface area (Å²) in [5, 5.41) is 27.0. The number of amides is 3. The second-order valence-corrected chi connectivity index (χ2v) is 13.4. The average molecular weight is 674 g/mol. The van der Waals surface area contributed by atoms with Gasteiger partial charge in [-0.05, 0) is 54.5 Å².